The SMILES string of the molecule is COc1cccc(CN2CCN(C(=O)[C@]3(C)CC(C)=NO3)CC2)c1. The summed E-state index contributed by atoms with van der Waals surface area (Å²) >= 11 is 0. The van der Waals surface area contributed by atoms with E-state index in [2.05, 4.69) is 22.2 Å². The van der Waals surface area contributed by atoms with Gasteiger partial charge in [-0.3, -0.25) is 9.69 Å². The van der Waals surface area contributed by atoms with Gasteiger partial charge in [-0.25, -0.2) is 0 Å². The van der Waals surface area contributed by atoms with Gasteiger partial charge in [0.05, 0.1) is 12.8 Å². The average molecular weight is 331 g/mol. The molecule has 0 N–H and O–H groups in total. The zero-order valence-corrected chi connectivity index (χ0v) is 14.6. The average Bonchev–Trinajstić information content (AvgIpc) is 2.95. The molecule has 130 valence electrons. The van der Waals surface area contributed by atoms with Crippen molar-refractivity contribution in [2.24, 2.45) is 5.16 Å². The van der Waals surface area contributed by atoms with Crippen molar-refractivity contribution in [1.82, 2.24) is 9.80 Å². The van der Waals surface area contributed by atoms with Crippen LogP contribution in [0.5, 0.6) is 5.75 Å². The first-order chi connectivity index (χ1) is 11.5. The molecule has 1 aromatic rings. The minimum absolute atomic E-state index is 0.0455. The molecule has 2 aliphatic rings. The van der Waals surface area contributed by atoms with Crippen molar-refractivity contribution in [3.8, 4) is 5.75 Å². The van der Waals surface area contributed by atoms with Gasteiger partial charge in [0, 0.05) is 39.1 Å². The van der Waals surface area contributed by atoms with Crippen LogP contribution >= 0.6 is 0 Å². The minimum Gasteiger partial charge on any atom is -0.497 e. The second-order valence-corrected chi connectivity index (χ2v) is 6.75. The van der Waals surface area contributed by atoms with E-state index in [0.717, 1.165) is 44.2 Å². The van der Waals surface area contributed by atoms with Gasteiger partial charge in [0.1, 0.15) is 5.75 Å². The second-order valence-electron chi connectivity index (χ2n) is 6.75. The highest BCUT2D eigenvalue weighted by molar-refractivity contribution is 5.94. The van der Waals surface area contributed by atoms with Gasteiger partial charge in [-0.1, -0.05) is 17.3 Å². The summed E-state index contributed by atoms with van der Waals surface area (Å²) in [4.78, 5) is 22.4. The Bertz CT molecular complexity index is 638. The number of methoxy groups -OCH3 is 1. The lowest BCUT2D eigenvalue weighted by atomic mass is 9.98. The summed E-state index contributed by atoms with van der Waals surface area (Å²) in [6.07, 6.45) is 0.579. The minimum atomic E-state index is -0.820. The molecule has 0 aliphatic carbocycles. The van der Waals surface area contributed by atoms with E-state index in [-0.39, 0.29) is 5.91 Å². The molecular weight excluding hydrogens is 306 g/mol. The number of carbonyl (C=O) groups is 1. The predicted octanol–water partition coefficient (Wildman–Crippen LogP) is 1.89. The zero-order chi connectivity index (χ0) is 17.2. The molecule has 1 saturated heterocycles. The van der Waals surface area contributed by atoms with Gasteiger partial charge in [-0.2, -0.15) is 0 Å². The molecule has 6 heteroatoms. The maximum Gasteiger partial charge on any atom is 0.269 e. The molecule has 0 aromatic heterocycles. The first kappa shape index (κ1) is 16.8. The molecule has 1 aromatic carbocycles. The number of hydrogen-bond donors (Lipinski definition) is 0. The molecule has 2 aliphatic heterocycles. The fourth-order valence-electron chi connectivity index (χ4n) is 3.32. The highest BCUT2D eigenvalue weighted by atomic mass is 16.7. The molecule has 0 unspecified atom stereocenters. The molecule has 3 rings (SSSR count). The lowest BCUT2D eigenvalue weighted by Crippen LogP contribution is -2.54. The van der Waals surface area contributed by atoms with E-state index in [1.54, 1.807) is 7.11 Å². The van der Waals surface area contributed by atoms with E-state index >= 15 is 0 Å². The van der Waals surface area contributed by atoms with Gasteiger partial charge < -0.3 is 14.5 Å². The smallest absolute Gasteiger partial charge is 0.269 e. The van der Waals surface area contributed by atoms with Gasteiger partial charge >= 0.3 is 0 Å². The third-order valence-corrected chi connectivity index (χ3v) is 4.65. The van der Waals surface area contributed by atoms with Crippen molar-refractivity contribution >= 4 is 11.6 Å². The van der Waals surface area contributed by atoms with Gasteiger partial charge in [0.2, 0.25) is 5.60 Å². The van der Waals surface area contributed by atoms with Gasteiger partial charge in [-0.15, -0.1) is 0 Å². The molecule has 0 bridgehead atoms. The molecule has 24 heavy (non-hydrogen) atoms. The number of benzene rings is 1. The van der Waals surface area contributed by atoms with Gasteiger partial charge in [-0.05, 0) is 31.5 Å². The van der Waals surface area contributed by atoms with Crippen LogP contribution in [0.4, 0.5) is 0 Å². The Balaban J connectivity index is 1.53. The van der Waals surface area contributed by atoms with Crippen molar-refractivity contribution in [1.29, 1.82) is 0 Å². The van der Waals surface area contributed by atoms with E-state index in [0.29, 0.717) is 6.42 Å². The Morgan fingerprint density at radius 3 is 2.71 bits per heavy atom. The molecule has 1 amide bonds. The number of ether oxygens (including phenoxy) is 1. The Hall–Kier alpha value is -2.08. The van der Waals surface area contributed by atoms with Crippen molar-refractivity contribution in [3.63, 3.8) is 0 Å². The highest BCUT2D eigenvalue weighted by Gasteiger charge is 2.43. The first-order valence-corrected chi connectivity index (χ1v) is 8.36. The second kappa shape index (κ2) is 6.81. The standard InChI is InChI=1S/C18H25N3O3/c1-14-12-18(2,24-19-14)17(22)21-9-7-20(8-10-21)13-15-5-4-6-16(11-15)23-3/h4-6,11H,7-10,12-13H2,1-3H3/t18-/m0/s1. The number of carbonyl (C=O) groups excluding carboxylic acids is 1. The number of amides is 1. The van der Waals surface area contributed by atoms with Crippen molar-refractivity contribution in [3.05, 3.63) is 29.8 Å². The summed E-state index contributed by atoms with van der Waals surface area (Å²) < 4.78 is 5.27. The van der Waals surface area contributed by atoms with E-state index < -0.39 is 5.60 Å². The molecule has 2 heterocycles. The predicted molar refractivity (Wildman–Crippen MR) is 92.1 cm³/mol. The Kier molecular flexibility index (Phi) is 4.76. The number of nitrogens with zero attached hydrogens (tertiary/aromatic N) is 3. The van der Waals surface area contributed by atoms with Crippen LogP contribution < -0.4 is 4.74 Å². The number of rotatable bonds is 4. The summed E-state index contributed by atoms with van der Waals surface area (Å²) in [5.41, 5.74) is 1.28. The van der Waals surface area contributed by atoms with Crippen LogP contribution in [0.25, 0.3) is 0 Å². The summed E-state index contributed by atoms with van der Waals surface area (Å²) in [7, 11) is 1.68. The maximum atomic E-state index is 12.7. The Morgan fingerprint density at radius 2 is 2.08 bits per heavy atom. The van der Waals surface area contributed by atoms with Gasteiger partial charge in [0.15, 0.2) is 0 Å². The van der Waals surface area contributed by atoms with Crippen LogP contribution in [0.3, 0.4) is 0 Å². The molecule has 1 atom stereocenters. The van der Waals surface area contributed by atoms with Crippen molar-refractivity contribution in [2.75, 3.05) is 33.3 Å². The molecular formula is C18H25N3O3. The highest BCUT2D eigenvalue weighted by Crippen LogP contribution is 2.26. The van der Waals surface area contributed by atoms with E-state index in [4.69, 9.17) is 9.57 Å². The monoisotopic (exact) mass is 331 g/mol. The molecule has 1 fully saturated rings. The molecule has 0 spiro atoms. The quantitative estimate of drug-likeness (QED) is 0.845. The number of oxime groups is 1. The first-order valence-electron chi connectivity index (χ1n) is 8.36. The topological polar surface area (TPSA) is 54.4 Å². The van der Waals surface area contributed by atoms with Crippen molar-refractivity contribution in [2.45, 2.75) is 32.4 Å². The van der Waals surface area contributed by atoms with Crippen LogP contribution in [0.2, 0.25) is 0 Å². The van der Waals surface area contributed by atoms with Crippen LogP contribution in [0.15, 0.2) is 29.4 Å². The third-order valence-electron chi connectivity index (χ3n) is 4.65. The van der Waals surface area contributed by atoms with Crippen molar-refractivity contribution < 1.29 is 14.4 Å². The summed E-state index contributed by atoms with van der Waals surface area (Å²) in [6, 6.07) is 8.12. The van der Waals surface area contributed by atoms with Crippen LogP contribution in [0.1, 0.15) is 25.8 Å². The molecule has 0 saturated carbocycles. The van der Waals surface area contributed by atoms with Crippen LogP contribution in [-0.4, -0.2) is 60.3 Å². The molecule has 0 radical (unpaired) electrons. The summed E-state index contributed by atoms with van der Waals surface area (Å²) in [6.45, 7) is 7.76. The fraction of sp³-hybridized carbons (Fsp3) is 0.556. The van der Waals surface area contributed by atoms with E-state index in [1.165, 1.54) is 5.56 Å². The summed E-state index contributed by atoms with van der Waals surface area (Å²) in [5, 5.41) is 3.94. The zero-order valence-electron chi connectivity index (χ0n) is 14.6. The lowest BCUT2D eigenvalue weighted by Gasteiger charge is -2.37. The lowest BCUT2D eigenvalue weighted by molar-refractivity contribution is -0.155. The largest absolute Gasteiger partial charge is 0.497 e. The number of hydrogen-bond acceptors (Lipinski definition) is 5. The third kappa shape index (κ3) is 3.53. The van der Waals surface area contributed by atoms with E-state index in [9.17, 15) is 4.79 Å². The number of piperazine rings is 1. The van der Waals surface area contributed by atoms with Gasteiger partial charge in [0.25, 0.3) is 5.91 Å². The van der Waals surface area contributed by atoms with E-state index in [1.807, 2.05) is 30.9 Å². The normalized spacial score (nSPS) is 24.5. The fourth-order valence-corrected chi connectivity index (χ4v) is 3.32. The van der Waals surface area contributed by atoms with Crippen LogP contribution in [-0.2, 0) is 16.2 Å². The maximum absolute atomic E-state index is 12.7. The summed E-state index contributed by atoms with van der Waals surface area (Å²) in [5.74, 6) is 0.923. The molecule has 6 nitrogen and oxygen atoms in total. The Labute approximate surface area is 143 Å². The Morgan fingerprint density at radius 1 is 1.33 bits per heavy atom. The van der Waals surface area contributed by atoms with Crippen LogP contribution in [0, 0.1) is 0 Å².